The van der Waals surface area contributed by atoms with E-state index in [-0.39, 0.29) is 0 Å². The molecule has 1 saturated heterocycles. The lowest BCUT2D eigenvalue weighted by molar-refractivity contribution is 0.172. The highest BCUT2D eigenvalue weighted by molar-refractivity contribution is 5.83. The van der Waals surface area contributed by atoms with Crippen molar-refractivity contribution in [2.75, 3.05) is 25.0 Å². The third kappa shape index (κ3) is 2.83. The van der Waals surface area contributed by atoms with Crippen molar-refractivity contribution < 1.29 is 0 Å². The van der Waals surface area contributed by atoms with Crippen LogP contribution in [0.25, 0.3) is 10.9 Å². The van der Waals surface area contributed by atoms with Gasteiger partial charge in [0.15, 0.2) is 0 Å². The van der Waals surface area contributed by atoms with Crippen LogP contribution < -0.4 is 5.32 Å². The minimum Gasteiger partial charge on any atom is -0.382 e. The van der Waals surface area contributed by atoms with Crippen molar-refractivity contribution in [1.82, 2.24) is 9.88 Å². The van der Waals surface area contributed by atoms with Gasteiger partial charge in [0, 0.05) is 35.4 Å². The number of anilines is 1. The fourth-order valence-corrected chi connectivity index (χ4v) is 3.31. The molecule has 2 atom stereocenters. The molecular formula is C17H25N3. The number of piperidine rings is 1. The zero-order valence-corrected chi connectivity index (χ0v) is 12.5. The van der Waals surface area contributed by atoms with E-state index in [0.29, 0.717) is 6.04 Å². The summed E-state index contributed by atoms with van der Waals surface area (Å²) in [6, 6.07) is 9.23. The van der Waals surface area contributed by atoms with Gasteiger partial charge < -0.3 is 15.2 Å². The molecule has 1 fully saturated rings. The smallest absolute Gasteiger partial charge is 0.0455 e. The standard InChI is InChI=1S/C17H25N3/c1-3-20-10-4-5-15(12-20)13(2)19-16-6-7-17-14(11-16)8-9-18-17/h6-9,11,13,15,18-19H,3-5,10,12H2,1-2H3. The number of benzene rings is 1. The molecule has 0 aliphatic carbocycles. The van der Waals surface area contributed by atoms with Gasteiger partial charge in [0.05, 0.1) is 0 Å². The lowest BCUT2D eigenvalue weighted by Gasteiger charge is -2.35. The average Bonchev–Trinajstić information content (AvgIpc) is 2.95. The molecule has 3 heteroatoms. The van der Waals surface area contributed by atoms with Gasteiger partial charge in [-0.1, -0.05) is 6.92 Å². The summed E-state index contributed by atoms with van der Waals surface area (Å²) in [5.74, 6) is 0.755. The summed E-state index contributed by atoms with van der Waals surface area (Å²) >= 11 is 0. The number of likely N-dealkylation sites (tertiary alicyclic amines) is 1. The Morgan fingerprint density at radius 1 is 1.40 bits per heavy atom. The van der Waals surface area contributed by atoms with Crippen LogP contribution in [0.2, 0.25) is 0 Å². The van der Waals surface area contributed by atoms with E-state index in [9.17, 15) is 0 Å². The van der Waals surface area contributed by atoms with Crippen LogP contribution in [0.4, 0.5) is 5.69 Å². The SMILES string of the molecule is CCN1CCCC(C(C)Nc2ccc3[nH]ccc3c2)C1. The zero-order valence-electron chi connectivity index (χ0n) is 12.5. The molecule has 108 valence electrons. The van der Waals surface area contributed by atoms with Crippen LogP contribution in [0.3, 0.4) is 0 Å². The molecule has 3 rings (SSSR count). The lowest BCUT2D eigenvalue weighted by Crippen LogP contribution is -2.41. The van der Waals surface area contributed by atoms with E-state index >= 15 is 0 Å². The van der Waals surface area contributed by atoms with Crippen molar-refractivity contribution >= 4 is 16.6 Å². The summed E-state index contributed by atoms with van der Waals surface area (Å²) in [7, 11) is 0. The van der Waals surface area contributed by atoms with E-state index in [0.717, 1.165) is 5.92 Å². The van der Waals surface area contributed by atoms with Crippen molar-refractivity contribution in [2.24, 2.45) is 5.92 Å². The number of nitrogens with one attached hydrogen (secondary N) is 2. The van der Waals surface area contributed by atoms with Gasteiger partial charge in [-0.25, -0.2) is 0 Å². The van der Waals surface area contributed by atoms with Crippen LogP contribution in [0.5, 0.6) is 0 Å². The first kappa shape index (κ1) is 13.5. The molecule has 1 aliphatic heterocycles. The Bertz CT molecular complexity index is 560. The van der Waals surface area contributed by atoms with Crippen LogP contribution in [-0.2, 0) is 0 Å². The molecule has 1 aliphatic rings. The number of hydrogen-bond acceptors (Lipinski definition) is 2. The van der Waals surface area contributed by atoms with Crippen LogP contribution in [0.1, 0.15) is 26.7 Å². The van der Waals surface area contributed by atoms with Gasteiger partial charge in [-0.3, -0.25) is 0 Å². The largest absolute Gasteiger partial charge is 0.382 e. The van der Waals surface area contributed by atoms with Gasteiger partial charge in [0.1, 0.15) is 0 Å². The molecule has 20 heavy (non-hydrogen) atoms. The van der Waals surface area contributed by atoms with Gasteiger partial charge in [0.2, 0.25) is 0 Å². The van der Waals surface area contributed by atoms with E-state index in [1.165, 1.54) is 49.1 Å². The van der Waals surface area contributed by atoms with Gasteiger partial charge in [-0.2, -0.15) is 0 Å². The lowest BCUT2D eigenvalue weighted by atomic mass is 9.91. The second-order valence-electron chi connectivity index (χ2n) is 6.01. The van der Waals surface area contributed by atoms with Crippen LogP contribution in [-0.4, -0.2) is 35.6 Å². The number of nitrogens with zero attached hydrogens (tertiary/aromatic N) is 1. The molecule has 0 bridgehead atoms. The first-order valence-corrected chi connectivity index (χ1v) is 7.82. The number of aromatic amines is 1. The predicted octanol–water partition coefficient (Wildman–Crippen LogP) is 3.70. The average molecular weight is 271 g/mol. The molecule has 0 spiro atoms. The first-order chi connectivity index (χ1) is 9.76. The summed E-state index contributed by atoms with van der Waals surface area (Å²) < 4.78 is 0. The molecular weight excluding hydrogens is 246 g/mol. The Hall–Kier alpha value is -1.48. The molecule has 0 amide bonds. The number of rotatable bonds is 4. The van der Waals surface area contributed by atoms with Gasteiger partial charge in [-0.15, -0.1) is 0 Å². The van der Waals surface area contributed by atoms with E-state index in [2.05, 4.69) is 53.3 Å². The topological polar surface area (TPSA) is 31.1 Å². The molecule has 2 N–H and O–H groups in total. The third-order valence-electron chi connectivity index (χ3n) is 4.64. The maximum Gasteiger partial charge on any atom is 0.0455 e. The molecule has 2 aromatic rings. The summed E-state index contributed by atoms with van der Waals surface area (Å²) in [5.41, 5.74) is 2.44. The number of fused-ring (bicyclic) bond motifs is 1. The molecule has 3 nitrogen and oxygen atoms in total. The third-order valence-corrected chi connectivity index (χ3v) is 4.64. The summed E-state index contributed by atoms with van der Waals surface area (Å²) in [6.45, 7) is 8.27. The predicted molar refractivity (Wildman–Crippen MR) is 86.2 cm³/mol. The van der Waals surface area contributed by atoms with Crippen molar-refractivity contribution in [3.63, 3.8) is 0 Å². The monoisotopic (exact) mass is 271 g/mol. The van der Waals surface area contributed by atoms with E-state index < -0.39 is 0 Å². The minimum atomic E-state index is 0.528. The second-order valence-corrected chi connectivity index (χ2v) is 6.01. The van der Waals surface area contributed by atoms with E-state index in [1.807, 2.05) is 6.20 Å². The van der Waals surface area contributed by atoms with Crippen molar-refractivity contribution in [3.05, 3.63) is 30.5 Å². The minimum absolute atomic E-state index is 0.528. The Morgan fingerprint density at radius 3 is 3.15 bits per heavy atom. The van der Waals surface area contributed by atoms with Crippen LogP contribution in [0.15, 0.2) is 30.5 Å². The van der Waals surface area contributed by atoms with Gasteiger partial charge in [0.25, 0.3) is 0 Å². The Balaban J connectivity index is 1.66. The van der Waals surface area contributed by atoms with E-state index in [1.54, 1.807) is 0 Å². The Kier molecular flexibility index (Phi) is 3.97. The number of hydrogen-bond donors (Lipinski definition) is 2. The first-order valence-electron chi connectivity index (χ1n) is 7.82. The van der Waals surface area contributed by atoms with Crippen molar-refractivity contribution in [3.8, 4) is 0 Å². The molecule has 1 aromatic heterocycles. The normalized spacial score (nSPS) is 22.0. The van der Waals surface area contributed by atoms with Gasteiger partial charge >= 0.3 is 0 Å². The highest BCUT2D eigenvalue weighted by atomic mass is 15.1. The van der Waals surface area contributed by atoms with Crippen LogP contribution in [0, 0.1) is 5.92 Å². The maximum atomic E-state index is 3.70. The van der Waals surface area contributed by atoms with Crippen molar-refractivity contribution in [2.45, 2.75) is 32.7 Å². The second kappa shape index (κ2) is 5.88. The fraction of sp³-hybridized carbons (Fsp3) is 0.529. The van der Waals surface area contributed by atoms with Gasteiger partial charge in [-0.05, 0) is 63.0 Å². The highest BCUT2D eigenvalue weighted by Crippen LogP contribution is 2.24. The zero-order chi connectivity index (χ0) is 13.9. The number of H-pyrrole nitrogens is 1. The quantitative estimate of drug-likeness (QED) is 0.888. The molecule has 2 heterocycles. The molecule has 0 saturated carbocycles. The molecule has 1 aromatic carbocycles. The number of aromatic nitrogens is 1. The fourth-order valence-electron chi connectivity index (χ4n) is 3.31. The summed E-state index contributed by atoms with van der Waals surface area (Å²) in [6.07, 6.45) is 4.68. The highest BCUT2D eigenvalue weighted by Gasteiger charge is 2.23. The summed E-state index contributed by atoms with van der Waals surface area (Å²) in [5, 5.41) is 4.98. The summed E-state index contributed by atoms with van der Waals surface area (Å²) in [4.78, 5) is 5.81. The molecule has 2 unspecified atom stereocenters. The van der Waals surface area contributed by atoms with Crippen molar-refractivity contribution in [1.29, 1.82) is 0 Å². The Morgan fingerprint density at radius 2 is 2.30 bits per heavy atom. The van der Waals surface area contributed by atoms with E-state index in [4.69, 9.17) is 0 Å². The molecule has 0 radical (unpaired) electrons. The van der Waals surface area contributed by atoms with Crippen LogP contribution >= 0.6 is 0 Å². The maximum absolute atomic E-state index is 3.70. The Labute approximate surface area is 121 Å².